The number of ether oxygens (including phenoxy) is 1. The van der Waals surface area contributed by atoms with Crippen molar-refractivity contribution < 1.29 is 9.53 Å². The van der Waals surface area contributed by atoms with Crippen LogP contribution >= 0.6 is 0 Å². The summed E-state index contributed by atoms with van der Waals surface area (Å²) in [5.41, 5.74) is 1.84. The number of amides is 1. The van der Waals surface area contributed by atoms with Crippen LogP contribution < -0.4 is 9.64 Å². The lowest BCUT2D eigenvalue weighted by molar-refractivity contribution is -0.132. The first-order valence-electron chi connectivity index (χ1n) is 9.07. The molecule has 0 bridgehead atoms. The number of methoxy groups -OCH3 is 1. The summed E-state index contributed by atoms with van der Waals surface area (Å²) in [5, 5.41) is 8.74. The third kappa shape index (κ3) is 4.31. The molecule has 0 unspecified atom stereocenters. The van der Waals surface area contributed by atoms with E-state index in [0.717, 1.165) is 49.0 Å². The fraction of sp³-hybridized carbons (Fsp3) is 0.450. The number of nitrogens with zero attached hydrogens (tertiary/aromatic N) is 4. The zero-order valence-electron chi connectivity index (χ0n) is 15.7. The van der Waals surface area contributed by atoms with Crippen LogP contribution in [0.1, 0.15) is 20.3 Å². The van der Waals surface area contributed by atoms with Gasteiger partial charge in [-0.2, -0.15) is 0 Å². The average Bonchev–Trinajstić information content (AvgIpc) is 2.68. The van der Waals surface area contributed by atoms with Gasteiger partial charge in [-0.25, -0.2) is 0 Å². The summed E-state index contributed by atoms with van der Waals surface area (Å²) >= 11 is 0. The quantitative estimate of drug-likeness (QED) is 0.826. The SMILES string of the molecule is COc1ccc(-c2ccc(N3CCN(C(=O)CC(C)C)CC3)nn2)cc1. The number of hydrogen-bond acceptors (Lipinski definition) is 5. The lowest BCUT2D eigenvalue weighted by Crippen LogP contribution is -2.49. The predicted molar refractivity (Wildman–Crippen MR) is 102 cm³/mol. The van der Waals surface area contributed by atoms with Crippen molar-refractivity contribution in [3.63, 3.8) is 0 Å². The first-order valence-corrected chi connectivity index (χ1v) is 9.07. The van der Waals surface area contributed by atoms with E-state index in [0.29, 0.717) is 12.3 Å². The van der Waals surface area contributed by atoms with E-state index in [1.807, 2.05) is 41.3 Å². The van der Waals surface area contributed by atoms with Gasteiger partial charge in [0.05, 0.1) is 12.8 Å². The molecule has 1 aromatic carbocycles. The molecule has 1 saturated heterocycles. The zero-order valence-corrected chi connectivity index (χ0v) is 15.7. The van der Waals surface area contributed by atoms with E-state index in [2.05, 4.69) is 28.9 Å². The van der Waals surface area contributed by atoms with Gasteiger partial charge in [0.25, 0.3) is 0 Å². The molecule has 0 saturated carbocycles. The minimum Gasteiger partial charge on any atom is -0.497 e. The van der Waals surface area contributed by atoms with Gasteiger partial charge in [-0.1, -0.05) is 13.8 Å². The molecule has 6 nitrogen and oxygen atoms in total. The highest BCUT2D eigenvalue weighted by atomic mass is 16.5. The van der Waals surface area contributed by atoms with Gasteiger partial charge < -0.3 is 14.5 Å². The highest BCUT2D eigenvalue weighted by Crippen LogP contribution is 2.22. The third-order valence-corrected chi connectivity index (χ3v) is 4.58. The van der Waals surface area contributed by atoms with Crippen LogP contribution in [0, 0.1) is 5.92 Å². The van der Waals surface area contributed by atoms with Crippen molar-refractivity contribution in [2.24, 2.45) is 5.92 Å². The molecule has 2 aromatic rings. The molecule has 0 aliphatic carbocycles. The number of hydrogen-bond donors (Lipinski definition) is 0. The van der Waals surface area contributed by atoms with Crippen LogP contribution in [0.2, 0.25) is 0 Å². The van der Waals surface area contributed by atoms with Crippen molar-refractivity contribution in [3.05, 3.63) is 36.4 Å². The molecule has 138 valence electrons. The summed E-state index contributed by atoms with van der Waals surface area (Å²) in [6.45, 7) is 7.23. The first kappa shape index (κ1) is 18.2. The van der Waals surface area contributed by atoms with E-state index in [1.165, 1.54) is 0 Å². The molecular weight excluding hydrogens is 328 g/mol. The molecule has 6 heteroatoms. The molecular formula is C20H26N4O2. The maximum Gasteiger partial charge on any atom is 0.222 e. The van der Waals surface area contributed by atoms with Crippen molar-refractivity contribution in [1.82, 2.24) is 15.1 Å². The van der Waals surface area contributed by atoms with E-state index >= 15 is 0 Å². The summed E-state index contributed by atoms with van der Waals surface area (Å²) in [6, 6.07) is 11.8. The van der Waals surface area contributed by atoms with Crippen molar-refractivity contribution in [1.29, 1.82) is 0 Å². The standard InChI is InChI=1S/C20H26N4O2/c1-15(2)14-20(25)24-12-10-23(11-13-24)19-9-8-18(21-22-19)16-4-6-17(26-3)7-5-16/h4-9,15H,10-14H2,1-3H3. The Balaban J connectivity index is 1.60. The van der Waals surface area contributed by atoms with E-state index < -0.39 is 0 Å². The molecule has 1 fully saturated rings. The first-order chi connectivity index (χ1) is 12.6. The largest absolute Gasteiger partial charge is 0.497 e. The number of carbonyl (C=O) groups is 1. The number of aromatic nitrogens is 2. The number of benzene rings is 1. The van der Waals surface area contributed by atoms with Crippen LogP contribution in [-0.2, 0) is 4.79 Å². The molecule has 1 aliphatic heterocycles. The van der Waals surface area contributed by atoms with Crippen LogP contribution in [0.15, 0.2) is 36.4 Å². The normalized spacial score (nSPS) is 14.6. The number of anilines is 1. The van der Waals surface area contributed by atoms with Crippen LogP contribution in [0.25, 0.3) is 11.3 Å². The molecule has 0 spiro atoms. The van der Waals surface area contributed by atoms with Gasteiger partial charge in [0.15, 0.2) is 5.82 Å². The fourth-order valence-corrected chi connectivity index (χ4v) is 3.07. The predicted octanol–water partition coefficient (Wildman–Crippen LogP) is 2.85. The van der Waals surface area contributed by atoms with Crippen molar-refractivity contribution in [2.45, 2.75) is 20.3 Å². The summed E-state index contributed by atoms with van der Waals surface area (Å²) in [5.74, 6) is 2.33. The van der Waals surface area contributed by atoms with Gasteiger partial charge in [0.1, 0.15) is 5.75 Å². The second kappa shape index (κ2) is 8.17. The number of carbonyl (C=O) groups excluding carboxylic acids is 1. The summed E-state index contributed by atoms with van der Waals surface area (Å²) in [6.07, 6.45) is 0.621. The smallest absolute Gasteiger partial charge is 0.222 e. The molecule has 0 radical (unpaired) electrons. The van der Waals surface area contributed by atoms with Gasteiger partial charge in [0.2, 0.25) is 5.91 Å². The number of piperazine rings is 1. The minimum atomic E-state index is 0.251. The molecule has 1 aliphatic rings. The van der Waals surface area contributed by atoms with Gasteiger partial charge in [0, 0.05) is 38.2 Å². The topological polar surface area (TPSA) is 58.6 Å². The van der Waals surface area contributed by atoms with Crippen molar-refractivity contribution >= 4 is 11.7 Å². The van der Waals surface area contributed by atoms with Crippen LogP contribution in [0.4, 0.5) is 5.82 Å². The van der Waals surface area contributed by atoms with Crippen LogP contribution in [0.3, 0.4) is 0 Å². The lowest BCUT2D eigenvalue weighted by atomic mass is 10.1. The fourth-order valence-electron chi connectivity index (χ4n) is 3.07. The van der Waals surface area contributed by atoms with E-state index in [4.69, 9.17) is 4.74 Å². The van der Waals surface area contributed by atoms with E-state index in [9.17, 15) is 4.79 Å². The summed E-state index contributed by atoms with van der Waals surface area (Å²) in [7, 11) is 1.65. The van der Waals surface area contributed by atoms with E-state index in [-0.39, 0.29) is 5.91 Å². The second-order valence-corrected chi connectivity index (χ2v) is 6.97. The van der Waals surface area contributed by atoms with Crippen molar-refractivity contribution in [2.75, 3.05) is 38.2 Å². The second-order valence-electron chi connectivity index (χ2n) is 6.97. The Bertz CT molecular complexity index is 720. The maximum atomic E-state index is 12.2. The van der Waals surface area contributed by atoms with Crippen molar-refractivity contribution in [3.8, 4) is 17.0 Å². The van der Waals surface area contributed by atoms with Crippen LogP contribution in [-0.4, -0.2) is 54.3 Å². The Morgan fingerprint density at radius 1 is 1.04 bits per heavy atom. The molecule has 0 atom stereocenters. The van der Waals surface area contributed by atoms with E-state index in [1.54, 1.807) is 7.11 Å². The molecule has 0 N–H and O–H groups in total. The summed E-state index contributed by atoms with van der Waals surface area (Å²) < 4.78 is 5.18. The zero-order chi connectivity index (χ0) is 18.5. The molecule has 3 rings (SSSR count). The van der Waals surface area contributed by atoms with Gasteiger partial charge >= 0.3 is 0 Å². The third-order valence-electron chi connectivity index (χ3n) is 4.58. The van der Waals surface area contributed by atoms with Gasteiger partial charge in [-0.15, -0.1) is 10.2 Å². The molecule has 1 amide bonds. The van der Waals surface area contributed by atoms with Crippen LogP contribution in [0.5, 0.6) is 5.75 Å². The molecule has 1 aromatic heterocycles. The minimum absolute atomic E-state index is 0.251. The Morgan fingerprint density at radius 2 is 1.73 bits per heavy atom. The highest BCUT2D eigenvalue weighted by molar-refractivity contribution is 5.76. The average molecular weight is 354 g/mol. The van der Waals surface area contributed by atoms with Gasteiger partial charge in [-0.3, -0.25) is 4.79 Å². The van der Waals surface area contributed by atoms with Gasteiger partial charge in [-0.05, 0) is 42.3 Å². The Morgan fingerprint density at radius 3 is 2.27 bits per heavy atom. The Hall–Kier alpha value is -2.63. The lowest BCUT2D eigenvalue weighted by Gasteiger charge is -2.35. The molecule has 26 heavy (non-hydrogen) atoms. The Labute approximate surface area is 154 Å². The summed E-state index contributed by atoms with van der Waals surface area (Å²) in [4.78, 5) is 16.3. The Kier molecular flexibility index (Phi) is 5.71. The monoisotopic (exact) mass is 354 g/mol. The highest BCUT2D eigenvalue weighted by Gasteiger charge is 2.22. The molecule has 2 heterocycles. The maximum absolute atomic E-state index is 12.2. The number of rotatable bonds is 5.